The van der Waals surface area contributed by atoms with Crippen molar-refractivity contribution in [3.8, 4) is 0 Å². The van der Waals surface area contributed by atoms with Gasteiger partial charge in [0.15, 0.2) is 0 Å². The summed E-state index contributed by atoms with van der Waals surface area (Å²) in [4.78, 5) is 0. The van der Waals surface area contributed by atoms with Gasteiger partial charge in [-0.15, -0.1) is 0 Å². The van der Waals surface area contributed by atoms with Crippen molar-refractivity contribution in [2.24, 2.45) is 11.8 Å². The van der Waals surface area contributed by atoms with E-state index in [2.05, 4.69) is 26.1 Å². The molecule has 2 unspecified atom stereocenters. The highest BCUT2D eigenvalue weighted by atomic mass is 16.5. The van der Waals surface area contributed by atoms with Crippen LogP contribution in [0, 0.1) is 11.8 Å². The Bertz CT molecular complexity index is 166. The van der Waals surface area contributed by atoms with Crippen molar-refractivity contribution in [1.29, 1.82) is 0 Å². The molecule has 1 aliphatic heterocycles. The van der Waals surface area contributed by atoms with Crippen LogP contribution in [-0.2, 0) is 4.74 Å². The van der Waals surface area contributed by atoms with E-state index in [9.17, 15) is 0 Å². The summed E-state index contributed by atoms with van der Waals surface area (Å²) in [5, 5.41) is 3.75. The van der Waals surface area contributed by atoms with Crippen LogP contribution >= 0.6 is 0 Å². The van der Waals surface area contributed by atoms with Crippen molar-refractivity contribution in [2.75, 3.05) is 19.8 Å². The first-order valence-electron chi connectivity index (χ1n) is 7.07. The van der Waals surface area contributed by atoms with Gasteiger partial charge in [0.05, 0.1) is 0 Å². The van der Waals surface area contributed by atoms with E-state index in [-0.39, 0.29) is 0 Å². The van der Waals surface area contributed by atoms with Gasteiger partial charge in [-0.05, 0) is 44.1 Å². The van der Waals surface area contributed by atoms with Crippen LogP contribution in [0.25, 0.3) is 0 Å². The van der Waals surface area contributed by atoms with Gasteiger partial charge in [0.1, 0.15) is 0 Å². The molecule has 2 heteroatoms. The van der Waals surface area contributed by atoms with Crippen molar-refractivity contribution >= 4 is 0 Å². The van der Waals surface area contributed by atoms with Crippen molar-refractivity contribution in [3.63, 3.8) is 0 Å². The molecule has 1 rings (SSSR count). The van der Waals surface area contributed by atoms with E-state index in [1.807, 2.05) is 0 Å². The Balaban J connectivity index is 2.16. The lowest BCUT2D eigenvalue weighted by atomic mass is 9.96. The maximum atomic E-state index is 5.39. The van der Waals surface area contributed by atoms with Crippen LogP contribution in [-0.4, -0.2) is 25.8 Å². The molecule has 0 aliphatic carbocycles. The van der Waals surface area contributed by atoms with Crippen LogP contribution in [0.5, 0.6) is 0 Å². The SMILES string of the molecule is CCC(C)CC(CC)NCC1CCOCC1. The number of ether oxygens (including phenoxy) is 1. The monoisotopic (exact) mass is 227 g/mol. The quantitative estimate of drug-likeness (QED) is 0.721. The molecule has 16 heavy (non-hydrogen) atoms. The maximum absolute atomic E-state index is 5.39. The summed E-state index contributed by atoms with van der Waals surface area (Å²) in [6.45, 7) is 10.1. The van der Waals surface area contributed by atoms with Gasteiger partial charge < -0.3 is 10.1 Å². The summed E-state index contributed by atoms with van der Waals surface area (Å²) in [6.07, 6.45) is 6.37. The lowest BCUT2D eigenvalue weighted by molar-refractivity contribution is 0.0651. The normalized spacial score (nSPS) is 21.9. The third kappa shape index (κ3) is 5.31. The van der Waals surface area contributed by atoms with Crippen molar-refractivity contribution in [1.82, 2.24) is 5.32 Å². The molecular formula is C14H29NO. The summed E-state index contributed by atoms with van der Waals surface area (Å²) in [5.41, 5.74) is 0. The minimum Gasteiger partial charge on any atom is -0.381 e. The summed E-state index contributed by atoms with van der Waals surface area (Å²) < 4.78 is 5.39. The minimum atomic E-state index is 0.720. The van der Waals surface area contributed by atoms with E-state index < -0.39 is 0 Å². The zero-order chi connectivity index (χ0) is 11.8. The molecule has 0 spiro atoms. The average Bonchev–Trinajstić information content (AvgIpc) is 2.35. The second-order valence-corrected chi connectivity index (χ2v) is 5.32. The van der Waals surface area contributed by atoms with E-state index in [4.69, 9.17) is 4.74 Å². The van der Waals surface area contributed by atoms with Crippen LogP contribution in [0.15, 0.2) is 0 Å². The summed E-state index contributed by atoms with van der Waals surface area (Å²) >= 11 is 0. The Morgan fingerprint density at radius 1 is 1.19 bits per heavy atom. The van der Waals surface area contributed by atoms with Gasteiger partial charge in [0.25, 0.3) is 0 Å². The fourth-order valence-corrected chi connectivity index (χ4v) is 2.33. The fraction of sp³-hybridized carbons (Fsp3) is 1.00. The molecule has 0 radical (unpaired) electrons. The molecule has 96 valence electrons. The van der Waals surface area contributed by atoms with E-state index in [0.717, 1.165) is 31.1 Å². The molecule has 1 heterocycles. The summed E-state index contributed by atoms with van der Waals surface area (Å²) in [5.74, 6) is 1.70. The zero-order valence-corrected chi connectivity index (χ0v) is 11.3. The minimum absolute atomic E-state index is 0.720. The molecular weight excluding hydrogens is 198 g/mol. The van der Waals surface area contributed by atoms with Crippen LogP contribution in [0.3, 0.4) is 0 Å². The predicted octanol–water partition coefficient (Wildman–Crippen LogP) is 3.22. The molecule has 0 aromatic rings. The van der Waals surface area contributed by atoms with E-state index in [1.54, 1.807) is 0 Å². The number of hydrogen-bond acceptors (Lipinski definition) is 2. The average molecular weight is 227 g/mol. The molecule has 1 fully saturated rings. The van der Waals surface area contributed by atoms with Gasteiger partial charge >= 0.3 is 0 Å². The highest BCUT2D eigenvalue weighted by molar-refractivity contribution is 4.72. The predicted molar refractivity (Wildman–Crippen MR) is 69.7 cm³/mol. The molecule has 0 aromatic heterocycles. The Labute approximate surface area is 101 Å². The van der Waals surface area contributed by atoms with E-state index in [0.29, 0.717) is 0 Å². The van der Waals surface area contributed by atoms with Crippen LogP contribution < -0.4 is 5.32 Å². The molecule has 1 N–H and O–H groups in total. The smallest absolute Gasteiger partial charge is 0.0469 e. The topological polar surface area (TPSA) is 21.3 Å². The lowest BCUT2D eigenvalue weighted by Crippen LogP contribution is -2.36. The third-order valence-electron chi connectivity index (χ3n) is 3.91. The van der Waals surface area contributed by atoms with Crippen molar-refractivity contribution in [3.05, 3.63) is 0 Å². The number of hydrogen-bond donors (Lipinski definition) is 1. The molecule has 0 saturated carbocycles. The van der Waals surface area contributed by atoms with Gasteiger partial charge in [-0.1, -0.05) is 27.2 Å². The van der Waals surface area contributed by atoms with Gasteiger partial charge in [-0.3, -0.25) is 0 Å². The van der Waals surface area contributed by atoms with Crippen LogP contribution in [0.2, 0.25) is 0 Å². The van der Waals surface area contributed by atoms with Crippen LogP contribution in [0.1, 0.15) is 52.9 Å². The van der Waals surface area contributed by atoms with Gasteiger partial charge in [0.2, 0.25) is 0 Å². The van der Waals surface area contributed by atoms with Gasteiger partial charge in [0, 0.05) is 19.3 Å². The Kier molecular flexibility index (Phi) is 7.06. The lowest BCUT2D eigenvalue weighted by Gasteiger charge is -2.26. The van der Waals surface area contributed by atoms with Crippen molar-refractivity contribution < 1.29 is 4.74 Å². The largest absolute Gasteiger partial charge is 0.381 e. The molecule has 2 atom stereocenters. The Hall–Kier alpha value is -0.0800. The van der Waals surface area contributed by atoms with E-state index in [1.165, 1.54) is 38.6 Å². The van der Waals surface area contributed by atoms with Gasteiger partial charge in [-0.2, -0.15) is 0 Å². The second kappa shape index (κ2) is 8.08. The first-order valence-corrected chi connectivity index (χ1v) is 7.07. The number of nitrogens with one attached hydrogen (secondary N) is 1. The third-order valence-corrected chi connectivity index (χ3v) is 3.91. The summed E-state index contributed by atoms with van der Waals surface area (Å²) in [7, 11) is 0. The first kappa shape index (κ1) is 14.0. The number of rotatable bonds is 7. The van der Waals surface area contributed by atoms with Crippen LogP contribution in [0.4, 0.5) is 0 Å². The molecule has 0 amide bonds. The Morgan fingerprint density at radius 2 is 1.88 bits per heavy atom. The van der Waals surface area contributed by atoms with E-state index >= 15 is 0 Å². The molecule has 1 aliphatic rings. The highest BCUT2D eigenvalue weighted by Gasteiger charge is 2.16. The standard InChI is InChI=1S/C14H29NO/c1-4-12(3)10-14(5-2)15-11-13-6-8-16-9-7-13/h12-15H,4-11H2,1-3H3. The maximum Gasteiger partial charge on any atom is 0.0469 e. The Morgan fingerprint density at radius 3 is 2.44 bits per heavy atom. The fourth-order valence-electron chi connectivity index (χ4n) is 2.33. The highest BCUT2D eigenvalue weighted by Crippen LogP contribution is 2.16. The molecule has 2 nitrogen and oxygen atoms in total. The van der Waals surface area contributed by atoms with Gasteiger partial charge in [-0.25, -0.2) is 0 Å². The summed E-state index contributed by atoms with van der Waals surface area (Å²) in [6, 6.07) is 0.720. The molecule has 0 aromatic carbocycles. The molecule has 1 saturated heterocycles. The molecule has 0 bridgehead atoms. The second-order valence-electron chi connectivity index (χ2n) is 5.32. The first-order chi connectivity index (χ1) is 7.76. The zero-order valence-electron chi connectivity index (χ0n) is 11.3. The van der Waals surface area contributed by atoms with Crippen molar-refractivity contribution in [2.45, 2.75) is 58.9 Å².